The van der Waals surface area contributed by atoms with Gasteiger partial charge in [-0.2, -0.15) is 0 Å². The molecule has 2 aromatic carbocycles. The first-order valence-corrected chi connectivity index (χ1v) is 10.3. The number of halogens is 3. The lowest BCUT2D eigenvalue weighted by molar-refractivity contribution is -0.138. The molecule has 1 amide bonds. The summed E-state index contributed by atoms with van der Waals surface area (Å²) in [7, 11) is 0. The molecule has 0 saturated carbocycles. The SMILES string of the molecule is Cl.Cl.NC[C@@H]1CN(C(=O)C(c2ccccc2F)N2CCOCC2)C[C@H]1c1ccccc1. The van der Waals surface area contributed by atoms with E-state index in [0.717, 1.165) is 0 Å². The highest BCUT2D eigenvalue weighted by Gasteiger charge is 2.40. The standard InChI is InChI=1S/C23H28FN3O2.2ClH/c24-21-9-5-4-8-19(21)22(26-10-12-29-13-11-26)23(28)27-15-18(14-25)20(16-27)17-6-2-1-3-7-17;;/h1-9,18,20,22H,10-16,25H2;2*1H/t18-,20+,22?;;/m1../s1. The number of hydrogen-bond donors (Lipinski definition) is 1. The van der Waals surface area contributed by atoms with E-state index in [1.165, 1.54) is 11.6 Å². The second-order valence-electron chi connectivity index (χ2n) is 7.83. The summed E-state index contributed by atoms with van der Waals surface area (Å²) < 4.78 is 20.1. The van der Waals surface area contributed by atoms with E-state index < -0.39 is 6.04 Å². The molecule has 170 valence electrons. The number of carbonyl (C=O) groups is 1. The molecule has 2 saturated heterocycles. The number of ether oxygens (including phenoxy) is 1. The van der Waals surface area contributed by atoms with Gasteiger partial charge in [-0.25, -0.2) is 4.39 Å². The van der Waals surface area contributed by atoms with Crippen molar-refractivity contribution in [2.45, 2.75) is 12.0 Å². The van der Waals surface area contributed by atoms with Gasteiger partial charge in [-0.1, -0.05) is 48.5 Å². The van der Waals surface area contributed by atoms with E-state index in [0.29, 0.717) is 51.5 Å². The average Bonchev–Trinajstić information content (AvgIpc) is 3.21. The highest BCUT2D eigenvalue weighted by atomic mass is 35.5. The van der Waals surface area contributed by atoms with E-state index in [2.05, 4.69) is 12.1 Å². The van der Waals surface area contributed by atoms with Crippen LogP contribution in [-0.4, -0.2) is 61.6 Å². The third kappa shape index (κ3) is 5.57. The fourth-order valence-electron chi connectivity index (χ4n) is 4.56. The monoisotopic (exact) mass is 469 g/mol. The summed E-state index contributed by atoms with van der Waals surface area (Å²) in [5, 5.41) is 0. The Morgan fingerprint density at radius 2 is 1.68 bits per heavy atom. The predicted molar refractivity (Wildman–Crippen MR) is 124 cm³/mol. The normalized spacial score (nSPS) is 22.3. The second-order valence-corrected chi connectivity index (χ2v) is 7.83. The van der Waals surface area contributed by atoms with Gasteiger partial charge in [-0.15, -0.1) is 24.8 Å². The van der Waals surface area contributed by atoms with Crippen molar-refractivity contribution < 1.29 is 13.9 Å². The van der Waals surface area contributed by atoms with Gasteiger partial charge in [0.2, 0.25) is 5.91 Å². The molecule has 0 aromatic heterocycles. The van der Waals surface area contributed by atoms with Gasteiger partial charge < -0.3 is 15.4 Å². The lowest BCUT2D eigenvalue weighted by atomic mass is 9.89. The van der Waals surface area contributed by atoms with Crippen LogP contribution < -0.4 is 5.73 Å². The zero-order chi connectivity index (χ0) is 20.2. The maximum atomic E-state index is 14.7. The lowest BCUT2D eigenvalue weighted by Crippen LogP contribution is -2.47. The summed E-state index contributed by atoms with van der Waals surface area (Å²) in [6.45, 7) is 4.06. The average molecular weight is 470 g/mol. The summed E-state index contributed by atoms with van der Waals surface area (Å²) >= 11 is 0. The Balaban J connectivity index is 0.00000171. The minimum Gasteiger partial charge on any atom is -0.379 e. The molecule has 8 heteroatoms. The molecule has 0 aliphatic carbocycles. The van der Waals surface area contributed by atoms with Crippen LogP contribution in [0.4, 0.5) is 4.39 Å². The Morgan fingerprint density at radius 3 is 2.32 bits per heavy atom. The van der Waals surface area contributed by atoms with Crippen LogP contribution in [0.15, 0.2) is 54.6 Å². The van der Waals surface area contributed by atoms with Crippen molar-refractivity contribution in [1.82, 2.24) is 9.80 Å². The van der Waals surface area contributed by atoms with Gasteiger partial charge in [-0.05, 0) is 24.1 Å². The molecule has 0 bridgehead atoms. The quantitative estimate of drug-likeness (QED) is 0.729. The molecule has 2 aliphatic heterocycles. The Bertz CT molecular complexity index is 837. The number of nitrogens with zero attached hydrogens (tertiary/aromatic N) is 2. The van der Waals surface area contributed by atoms with Crippen LogP contribution in [0.2, 0.25) is 0 Å². The largest absolute Gasteiger partial charge is 0.379 e. The van der Waals surface area contributed by atoms with Crippen molar-refractivity contribution in [3.05, 3.63) is 71.5 Å². The summed E-state index contributed by atoms with van der Waals surface area (Å²) in [6, 6.07) is 16.2. The Morgan fingerprint density at radius 1 is 1.03 bits per heavy atom. The first-order valence-electron chi connectivity index (χ1n) is 10.3. The first-order chi connectivity index (χ1) is 14.2. The van der Waals surface area contributed by atoms with Crippen molar-refractivity contribution in [3.8, 4) is 0 Å². The van der Waals surface area contributed by atoms with E-state index in [-0.39, 0.29) is 48.4 Å². The van der Waals surface area contributed by atoms with Crippen LogP contribution in [0, 0.1) is 11.7 Å². The molecular formula is C23H30Cl2FN3O2. The molecule has 5 nitrogen and oxygen atoms in total. The third-order valence-electron chi connectivity index (χ3n) is 6.13. The second kappa shape index (κ2) is 11.8. The summed E-state index contributed by atoms with van der Waals surface area (Å²) in [5.41, 5.74) is 7.69. The number of benzene rings is 2. The molecule has 3 atom stereocenters. The topological polar surface area (TPSA) is 58.8 Å². The van der Waals surface area contributed by atoms with Crippen molar-refractivity contribution in [3.63, 3.8) is 0 Å². The summed E-state index contributed by atoms with van der Waals surface area (Å²) in [5.74, 6) is 0.0174. The lowest BCUT2D eigenvalue weighted by Gasteiger charge is -2.36. The molecule has 2 N–H and O–H groups in total. The van der Waals surface area contributed by atoms with Gasteiger partial charge in [0.05, 0.1) is 13.2 Å². The number of likely N-dealkylation sites (tertiary alicyclic amines) is 1. The Labute approximate surface area is 195 Å². The van der Waals surface area contributed by atoms with Crippen molar-refractivity contribution in [1.29, 1.82) is 0 Å². The minimum absolute atomic E-state index is 0. The van der Waals surface area contributed by atoms with E-state index in [9.17, 15) is 9.18 Å². The predicted octanol–water partition coefficient (Wildman–Crippen LogP) is 3.24. The van der Waals surface area contributed by atoms with Crippen LogP contribution in [0.5, 0.6) is 0 Å². The summed E-state index contributed by atoms with van der Waals surface area (Å²) in [6.07, 6.45) is 0. The fourth-order valence-corrected chi connectivity index (χ4v) is 4.56. The van der Waals surface area contributed by atoms with E-state index in [1.54, 1.807) is 18.2 Å². The van der Waals surface area contributed by atoms with Crippen molar-refractivity contribution in [2.75, 3.05) is 45.9 Å². The van der Waals surface area contributed by atoms with E-state index in [1.807, 2.05) is 28.0 Å². The van der Waals surface area contributed by atoms with Crippen LogP contribution in [0.3, 0.4) is 0 Å². The fraction of sp³-hybridized carbons (Fsp3) is 0.435. The van der Waals surface area contributed by atoms with Crippen LogP contribution in [-0.2, 0) is 9.53 Å². The molecule has 0 spiro atoms. The highest BCUT2D eigenvalue weighted by molar-refractivity contribution is 5.85. The molecule has 31 heavy (non-hydrogen) atoms. The zero-order valence-corrected chi connectivity index (χ0v) is 19.0. The van der Waals surface area contributed by atoms with Crippen molar-refractivity contribution in [2.24, 2.45) is 11.7 Å². The molecule has 2 heterocycles. The number of nitrogens with two attached hydrogens (primary N) is 1. The van der Waals surface area contributed by atoms with Gasteiger partial charge in [0.1, 0.15) is 11.9 Å². The van der Waals surface area contributed by atoms with Gasteiger partial charge in [0, 0.05) is 37.7 Å². The van der Waals surface area contributed by atoms with Gasteiger partial charge in [-0.3, -0.25) is 9.69 Å². The van der Waals surface area contributed by atoms with Gasteiger partial charge in [0.25, 0.3) is 0 Å². The van der Waals surface area contributed by atoms with Crippen molar-refractivity contribution >= 4 is 30.7 Å². The number of rotatable bonds is 5. The highest BCUT2D eigenvalue weighted by Crippen LogP contribution is 2.35. The molecule has 1 unspecified atom stereocenters. The van der Waals surface area contributed by atoms with Crippen LogP contribution in [0.25, 0.3) is 0 Å². The maximum absolute atomic E-state index is 14.7. The van der Waals surface area contributed by atoms with E-state index >= 15 is 0 Å². The Kier molecular flexibility index (Phi) is 9.72. The smallest absolute Gasteiger partial charge is 0.244 e. The van der Waals surface area contributed by atoms with Crippen LogP contribution >= 0.6 is 24.8 Å². The number of morpholine rings is 1. The molecular weight excluding hydrogens is 440 g/mol. The summed E-state index contributed by atoms with van der Waals surface area (Å²) in [4.78, 5) is 17.6. The van der Waals surface area contributed by atoms with Crippen LogP contribution in [0.1, 0.15) is 23.1 Å². The molecule has 2 aliphatic rings. The number of hydrogen-bond acceptors (Lipinski definition) is 4. The van der Waals surface area contributed by atoms with E-state index in [4.69, 9.17) is 10.5 Å². The zero-order valence-electron chi connectivity index (χ0n) is 17.4. The molecule has 4 rings (SSSR count). The maximum Gasteiger partial charge on any atom is 0.244 e. The molecule has 2 aromatic rings. The van der Waals surface area contributed by atoms with Gasteiger partial charge >= 0.3 is 0 Å². The number of carbonyl (C=O) groups excluding carboxylic acids is 1. The van der Waals surface area contributed by atoms with Gasteiger partial charge in [0.15, 0.2) is 0 Å². The Hall–Kier alpha value is -1.70. The molecule has 2 fully saturated rings. The third-order valence-corrected chi connectivity index (χ3v) is 6.13. The first kappa shape index (κ1) is 25.6. The minimum atomic E-state index is -0.631. The number of amides is 1. The molecule has 0 radical (unpaired) electrons.